The van der Waals surface area contributed by atoms with Crippen LogP contribution in [-0.2, 0) is 4.74 Å². The van der Waals surface area contributed by atoms with Gasteiger partial charge < -0.3 is 9.64 Å². The Morgan fingerprint density at radius 3 is 2.14 bits per heavy atom. The van der Waals surface area contributed by atoms with E-state index >= 15 is 0 Å². The molecule has 0 spiro atoms. The van der Waals surface area contributed by atoms with Gasteiger partial charge in [-0.25, -0.2) is 9.18 Å². The minimum absolute atomic E-state index is 0.236. The highest BCUT2D eigenvalue weighted by Gasteiger charge is 2.38. The van der Waals surface area contributed by atoms with Crippen LogP contribution in [0.2, 0.25) is 0 Å². The van der Waals surface area contributed by atoms with Crippen molar-refractivity contribution in [2.45, 2.75) is 40.2 Å². The van der Waals surface area contributed by atoms with E-state index < -0.39 is 11.9 Å². The first-order chi connectivity index (χ1) is 17.3. The maximum Gasteiger partial charge on any atom is 0.414 e. The molecular formula is C29H29FN2O4. The summed E-state index contributed by atoms with van der Waals surface area (Å²) >= 11 is 0. The molecule has 3 aromatic rings. The molecule has 1 atom stereocenters. The number of hydrogen-bond donors (Lipinski definition) is 0. The van der Waals surface area contributed by atoms with Crippen molar-refractivity contribution in [3.8, 4) is 0 Å². The van der Waals surface area contributed by atoms with Crippen LogP contribution in [0.25, 0.3) is 0 Å². The predicted octanol–water partition coefficient (Wildman–Crippen LogP) is 6.08. The first-order valence-electron chi connectivity index (χ1n) is 12.0. The van der Waals surface area contributed by atoms with Crippen molar-refractivity contribution in [3.05, 3.63) is 94.3 Å². The smallest absolute Gasteiger partial charge is 0.414 e. The quantitative estimate of drug-likeness (QED) is 0.409. The van der Waals surface area contributed by atoms with E-state index in [4.69, 9.17) is 4.74 Å². The van der Waals surface area contributed by atoms with Crippen molar-refractivity contribution in [2.75, 3.05) is 23.0 Å². The minimum Gasteiger partial charge on any atom is -0.449 e. The third kappa shape index (κ3) is 4.61. The Bertz CT molecular complexity index is 1320. The molecule has 1 heterocycles. The fraction of sp³-hybridized carbons (Fsp3) is 0.276. The number of carbonyl (C=O) groups is 3. The van der Waals surface area contributed by atoms with Gasteiger partial charge in [-0.2, -0.15) is 0 Å². The average molecular weight is 489 g/mol. The zero-order valence-electron chi connectivity index (χ0n) is 20.9. The van der Waals surface area contributed by atoms with Crippen molar-refractivity contribution in [2.24, 2.45) is 0 Å². The fourth-order valence-electron chi connectivity index (χ4n) is 4.50. The van der Waals surface area contributed by atoms with Crippen molar-refractivity contribution < 1.29 is 23.5 Å². The number of ether oxygens (including phenoxy) is 1. The van der Waals surface area contributed by atoms with Crippen LogP contribution in [0.15, 0.2) is 60.7 Å². The second kappa shape index (κ2) is 10.3. The van der Waals surface area contributed by atoms with Crippen molar-refractivity contribution >= 4 is 29.2 Å². The Kier molecular flexibility index (Phi) is 7.20. The Hall–Kier alpha value is -4.00. The molecule has 36 heavy (non-hydrogen) atoms. The molecule has 0 aromatic heterocycles. The summed E-state index contributed by atoms with van der Waals surface area (Å²) in [5.41, 5.74) is 3.92. The lowest BCUT2D eigenvalue weighted by atomic mass is 9.95. The molecular weight excluding hydrogens is 459 g/mol. The molecule has 0 saturated carbocycles. The summed E-state index contributed by atoms with van der Waals surface area (Å²) in [6.45, 7) is 8.12. The molecule has 1 aliphatic rings. The normalized spacial score (nSPS) is 14.9. The summed E-state index contributed by atoms with van der Waals surface area (Å²) < 4.78 is 18.7. The van der Waals surface area contributed by atoms with Crippen LogP contribution in [0.1, 0.15) is 57.7 Å². The topological polar surface area (TPSA) is 66.9 Å². The third-order valence-corrected chi connectivity index (χ3v) is 6.59. The molecule has 0 saturated heterocycles. The number of ketones is 1. The lowest BCUT2D eigenvalue weighted by Crippen LogP contribution is -2.53. The molecule has 4 rings (SSSR count). The van der Waals surface area contributed by atoms with Gasteiger partial charge in [0.2, 0.25) is 0 Å². The fourth-order valence-corrected chi connectivity index (χ4v) is 4.50. The molecule has 0 radical (unpaired) electrons. The summed E-state index contributed by atoms with van der Waals surface area (Å²) in [5.74, 6) is -1.15. The van der Waals surface area contributed by atoms with Gasteiger partial charge >= 0.3 is 6.09 Å². The van der Waals surface area contributed by atoms with E-state index in [1.807, 2.05) is 32.9 Å². The van der Waals surface area contributed by atoms with Crippen LogP contribution in [0.3, 0.4) is 0 Å². The molecule has 0 bridgehead atoms. The standard InChI is InChI=1S/C29H29FN2O4/c1-5-22-17-31(25-15-18(3)19(4)16-26(25)32(22)29(35)36-6-2)28(34)24-10-8-7-9-23(24)27(33)20-11-13-21(30)14-12-20/h7-16,22H,5-6,17H2,1-4H3. The average Bonchev–Trinajstić information content (AvgIpc) is 2.88. The SMILES string of the molecule is CCOC(=O)N1c2cc(C)c(C)cc2N(C(=O)c2ccccc2C(=O)c2ccc(F)cc2)CC1CC. The molecule has 2 amide bonds. The van der Waals surface area contributed by atoms with E-state index in [1.54, 1.807) is 41.0 Å². The number of halogens is 1. The molecule has 0 N–H and O–H groups in total. The van der Waals surface area contributed by atoms with Gasteiger partial charge in [0.05, 0.1) is 29.6 Å². The van der Waals surface area contributed by atoms with Crippen LogP contribution in [0.4, 0.5) is 20.6 Å². The number of benzene rings is 3. The number of anilines is 2. The highest BCUT2D eigenvalue weighted by molar-refractivity contribution is 6.19. The summed E-state index contributed by atoms with van der Waals surface area (Å²) in [6, 6.07) is 15.4. The highest BCUT2D eigenvalue weighted by atomic mass is 19.1. The second-order valence-corrected chi connectivity index (χ2v) is 8.85. The largest absolute Gasteiger partial charge is 0.449 e. The Labute approximate surface area is 210 Å². The van der Waals surface area contributed by atoms with E-state index in [-0.39, 0.29) is 42.0 Å². The number of rotatable bonds is 5. The van der Waals surface area contributed by atoms with Gasteiger partial charge in [0.15, 0.2) is 5.78 Å². The van der Waals surface area contributed by atoms with E-state index in [0.29, 0.717) is 23.4 Å². The van der Waals surface area contributed by atoms with Gasteiger partial charge in [-0.15, -0.1) is 0 Å². The van der Waals surface area contributed by atoms with Crippen molar-refractivity contribution in [1.82, 2.24) is 0 Å². The van der Waals surface area contributed by atoms with E-state index in [2.05, 4.69) is 0 Å². The molecule has 1 unspecified atom stereocenters. The second-order valence-electron chi connectivity index (χ2n) is 8.85. The van der Waals surface area contributed by atoms with Gasteiger partial charge in [-0.3, -0.25) is 14.5 Å². The van der Waals surface area contributed by atoms with Crippen LogP contribution in [0.5, 0.6) is 0 Å². The van der Waals surface area contributed by atoms with Gasteiger partial charge in [-0.1, -0.05) is 25.1 Å². The molecule has 0 aliphatic carbocycles. The number of fused-ring (bicyclic) bond motifs is 1. The van der Waals surface area contributed by atoms with Crippen LogP contribution < -0.4 is 9.80 Å². The maximum atomic E-state index is 14.0. The molecule has 0 fully saturated rings. The van der Waals surface area contributed by atoms with Gasteiger partial charge in [0, 0.05) is 17.7 Å². The van der Waals surface area contributed by atoms with Gasteiger partial charge in [0.1, 0.15) is 5.82 Å². The van der Waals surface area contributed by atoms with E-state index in [0.717, 1.165) is 11.1 Å². The Morgan fingerprint density at radius 1 is 0.917 bits per heavy atom. The molecule has 7 heteroatoms. The Balaban J connectivity index is 1.81. The number of hydrogen-bond acceptors (Lipinski definition) is 4. The van der Waals surface area contributed by atoms with Crippen molar-refractivity contribution in [1.29, 1.82) is 0 Å². The first-order valence-corrected chi connectivity index (χ1v) is 12.0. The van der Waals surface area contributed by atoms with Gasteiger partial charge in [0.25, 0.3) is 5.91 Å². The number of amides is 2. The van der Waals surface area contributed by atoms with E-state index in [9.17, 15) is 18.8 Å². The molecule has 1 aliphatic heterocycles. The molecule has 3 aromatic carbocycles. The summed E-state index contributed by atoms with van der Waals surface area (Å²) in [7, 11) is 0. The highest BCUT2D eigenvalue weighted by Crippen LogP contribution is 2.40. The number of carbonyl (C=O) groups excluding carboxylic acids is 3. The maximum absolute atomic E-state index is 14.0. The van der Waals surface area contributed by atoms with Gasteiger partial charge in [-0.05, 0) is 80.8 Å². The number of aryl methyl sites for hydroxylation is 2. The monoisotopic (exact) mass is 488 g/mol. The summed E-state index contributed by atoms with van der Waals surface area (Å²) in [5, 5.41) is 0. The lowest BCUT2D eigenvalue weighted by Gasteiger charge is -2.42. The van der Waals surface area contributed by atoms with Crippen LogP contribution >= 0.6 is 0 Å². The Morgan fingerprint density at radius 2 is 1.53 bits per heavy atom. The summed E-state index contributed by atoms with van der Waals surface area (Å²) in [4.78, 5) is 43.5. The van der Waals surface area contributed by atoms with Crippen LogP contribution in [0, 0.1) is 19.7 Å². The van der Waals surface area contributed by atoms with E-state index in [1.165, 1.54) is 24.3 Å². The molecule has 6 nitrogen and oxygen atoms in total. The summed E-state index contributed by atoms with van der Waals surface area (Å²) in [6.07, 6.45) is 0.151. The van der Waals surface area contributed by atoms with Crippen LogP contribution in [-0.4, -0.2) is 37.0 Å². The number of nitrogens with zero attached hydrogens (tertiary/aromatic N) is 2. The lowest BCUT2D eigenvalue weighted by molar-refractivity contribution is 0.0967. The predicted molar refractivity (Wildman–Crippen MR) is 137 cm³/mol. The third-order valence-electron chi connectivity index (χ3n) is 6.59. The zero-order valence-corrected chi connectivity index (χ0v) is 20.9. The minimum atomic E-state index is -0.451. The zero-order chi connectivity index (χ0) is 26.0. The molecule has 186 valence electrons. The first kappa shape index (κ1) is 25.1. The van der Waals surface area contributed by atoms with Crippen molar-refractivity contribution in [3.63, 3.8) is 0 Å².